The van der Waals surface area contributed by atoms with Gasteiger partial charge in [-0.1, -0.05) is 12.1 Å². The van der Waals surface area contributed by atoms with Crippen LogP contribution >= 0.6 is 0 Å². The normalized spacial score (nSPS) is 16.0. The highest BCUT2D eigenvalue weighted by Gasteiger charge is 2.37. The highest BCUT2D eigenvalue weighted by molar-refractivity contribution is 5.27. The number of rotatable bonds is 4. The summed E-state index contributed by atoms with van der Waals surface area (Å²) >= 11 is 0. The zero-order valence-electron chi connectivity index (χ0n) is 10.3. The maximum absolute atomic E-state index is 12.4. The van der Waals surface area contributed by atoms with Gasteiger partial charge in [0.25, 0.3) is 0 Å². The van der Waals surface area contributed by atoms with E-state index in [1.807, 2.05) is 0 Å². The second-order valence-electron chi connectivity index (χ2n) is 4.16. The van der Waals surface area contributed by atoms with Gasteiger partial charge in [0.05, 0.1) is 12.2 Å². The summed E-state index contributed by atoms with van der Waals surface area (Å²) in [7, 11) is 0. The summed E-state index contributed by atoms with van der Waals surface area (Å²) in [6, 6.07) is 3.72. The quantitative estimate of drug-likeness (QED) is 0.859. The molecule has 20 heavy (non-hydrogen) atoms. The van der Waals surface area contributed by atoms with Crippen LogP contribution in [0.25, 0.3) is 0 Å². The molecule has 0 amide bonds. The van der Waals surface area contributed by atoms with Crippen LogP contribution in [-0.2, 0) is 10.9 Å². The maximum Gasteiger partial charge on any atom is 0.416 e. The first-order valence-electron chi connectivity index (χ1n) is 5.55. The van der Waals surface area contributed by atoms with Gasteiger partial charge in [-0.2, -0.15) is 26.3 Å². The van der Waals surface area contributed by atoms with Gasteiger partial charge in [0.1, 0.15) is 6.10 Å². The molecule has 0 aromatic heterocycles. The molecule has 0 aliphatic rings. The zero-order valence-corrected chi connectivity index (χ0v) is 10.3. The van der Waals surface area contributed by atoms with Crippen LogP contribution in [0.15, 0.2) is 24.3 Å². The Hall–Kier alpha value is -1.28. The van der Waals surface area contributed by atoms with Crippen LogP contribution in [0.1, 0.15) is 24.2 Å². The van der Waals surface area contributed by atoms with Gasteiger partial charge in [0, 0.05) is 0 Å². The highest BCUT2D eigenvalue weighted by Crippen LogP contribution is 2.31. The molecular weight excluding hydrogens is 290 g/mol. The minimum atomic E-state index is -4.59. The molecule has 0 heterocycles. The van der Waals surface area contributed by atoms with Gasteiger partial charge in [-0.3, -0.25) is 0 Å². The minimum absolute atomic E-state index is 0.158. The smallest absolute Gasteiger partial charge is 0.386 e. The lowest BCUT2D eigenvalue weighted by Gasteiger charge is -2.19. The highest BCUT2D eigenvalue weighted by atomic mass is 19.4. The Morgan fingerprint density at radius 3 is 2.25 bits per heavy atom. The second-order valence-corrected chi connectivity index (χ2v) is 4.16. The third-order valence-electron chi connectivity index (χ3n) is 2.56. The van der Waals surface area contributed by atoms with E-state index in [2.05, 4.69) is 4.74 Å². The van der Waals surface area contributed by atoms with Crippen LogP contribution in [0, 0.1) is 0 Å². The molecule has 2 unspecified atom stereocenters. The van der Waals surface area contributed by atoms with Crippen molar-refractivity contribution < 1.29 is 36.2 Å². The molecule has 1 aromatic carbocycles. The second kappa shape index (κ2) is 6.01. The molecule has 0 radical (unpaired) electrons. The Morgan fingerprint density at radius 2 is 1.75 bits per heavy atom. The number of alkyl halides is 6. The molecule has 0 saturated carbocycles. The van der Waals surface area contributed by atoms with Gasteiger partial charge in [0.15, 0.2) is 6.10 Å². The Bertz CT molecular complexity index is 440. The van der Waals surface area contributed by atoms with E-state index < -0.39 is 36.7 Å². The van der Waals surface area contributed by atoms with Gasteiger partial charge < -0.3 is 9.84 Å². The van der Waals surface area contributed by atoms with Gasteiger partial charge in [0.2, 0.25) is 0 Å². The van der Waals surface area contributed by atoms with Crippen molar-refractivity contribution in [3.05, 3.63) is 35.4 Å². The predicted molar refractivity (Wildman–Crippen MR) is 57.9 cm³/mol. The fourth-order valence-corrected chi connectivity index (χ4v) is 1.35. The number of halogens is 6. The van der Waals surface area contributed by atoms with Gasteiger partial charge in [-0.25, -0.2) is 0 Å². The molecule has 0 bridgehead atoms. The molecule has 1 N–H and O–H groups in total. The lowest BCUT2D eigenvalue weighted by Crippen LogP contribution is -2.30. The first kappa shape index (κ1) is 16.8. The Morgan fingerprint density at radius 1 is 1.15 bits per heavy atom. The van der Waals surface area contributed by atoms with E-state index in [1.54, 1.807) is 0 Å². The summed E-state index contributed by atoms with van der Waals surface area (Å²) < 4.78 is 78.2. The molecule has 0 saturated heterocycles. The largest absolute Gasteiger partial charge is 0.416 e. The Balaban J connectivity index is 2.71. The number of hydrogen-bond acceptors (Lipinski definition) is 2. The van der Waals surface area contributed by atoms with E-state index in [0.29, 0.717) is 6.07 Å². The van der Waals surface area contributed by atoms with E-state index in [4.69, 9.17) is 0 Å². The number of aliphatic hydroxyl groups is 1. The zero-order chi connectivity index (χ0) is 15.6. The molecule has 0 aliphatic heterocycles. The molecule has 1 rings (SSSR count). The molecule has 0 fully saturated rings. The molecule has 0 aliphatic carbocycles. The van der Waals surface area contributed by atoms with Gasteiger partial charge in [-0.15, -0.1) is 0 Å². The standard InChI is InChI=1S/C12H12F6O2/c1-7(11(13,14)15)20-6-10(19)8-3-2-4-9(5-8)12(16,17)18/h2-5,7,10,19H,6H2,1H3. The number of hydrogen-bond donors (Lipinski definition) is 1. The lowest BCUT2D eigenvalue weighted by molar-refractivity contribution is -0.219. The topological polar surface area (TPSA) is 29.5 Å². The minimum Gasteiger partial charge on any atom is -0.386 e. The predicted octanol–water partition coefficient (Wildman–Crippen LogP) is 3.71. The summed E-state index contributed by atoms with van der Waals surface area (Å²) in [5, 5.41) is 9.57. The Labute approximate surface area is 111 Å². The van der Waals surface area contributed by atoms with Gasteiger partial charge >= 0.3 is 12.4 Å². The molecule has 0 spiro atoms. The SMILES string of the molecule is CC(OCC(O)c1cccc(C(F)(F)F)c1)C(F)(F)F. The van der Waals surface area contributed by atoms with Crippen LogP contribution in [0.4, 0.5) is 26.3 Å². The van der Waals surface area contributed by atoms with E-state index >= 15 is 0 Å². The summed E-state index contributed by atoms with van der Waals surface area (Å²) in [5.74, 6) is 0. The average molecular weight is 302 g/mol. The molecule has 1 aromatic rings. The van der Waals surface area contributed by atoms with Crippen molar-refractivity contribution in [1.82, 2.24) is 0 Å². The lowest BCUT2D eigenvalue weighted by atomic mass is 10.1. The van der Waals surface area contributed by atoms with Crippen LogP contribution in [-0.4, -0.2) is 24.0 Å². The van der Waals surface area contributed by atoms with Crippen molar-refractivity contribution in [3.8, 4) is 0 Å². The molecule has 8 heteroatoms. The molecule has 2 nitrogen and oxygen atoms in total. The number of ether oxygens (including phenoxy) is 1. The van der Waals surface area contributed by atoms with E-state index in [-0.39, 0.29) is 5.56 Å². The third kappa shape index (κ3) is 4.68. The third-order valence-corrected chi connectivity index (χ3v) is 2.56. The van der Waals surface area contributed by atoms with Crippen molar-refractivity contribution in [1.29, 1.82) is 0 Å². The molecular formula is C12H12F6O2. The fourth-order valence-electron chi connectivity index (χ4n) is 1.35. The van der Waals surface area contributed by atoms with Crippen LogP contribution in [0.5, 0.6) is 0 Å². The molecule has 114 valence electrons. The fraction of sp³-hybridized carbons (Fsp3) is 0.500. The van der Waals surface area contributed by atoms with E-state index in [9.17, 15) is 31.4 Å². The van der Waals surface area contributed by atoms with E-state index in [0.717, 1.165) is 19.1 Å². The molecule has 2 atom stereocenters. The average Bonchev–Trinajstić information content (AvgIpc) is 2.33. The Kier molecular flexibility index (Phi) is 5.04. The monoisotopic (exact) mass is 302 g/mol. The summed E-state index contributed by atoms with van der Waals surface area (Å²) in [4.78, 5) is 0. The van der Waals surface area contributed by atoms with Crippen molar-refractivity contribution >= 4 is 0 Å². The summed E-state index contributed by atoms with van der Waals surface area (Å²) in [6.45, 7) is 0.000837. The number of benzene rings is 1. The van der Waals surface area contributed by atoms with Crippen LogP contribution in [0.2, 0.25) is 0 Å². The van der Waals surface area contributed by atoms with Crippen LogP contribution in [0.3, 0.4) is 0 Å². The summed E-state index contributed by atoms with van der Waals surface area (Å²) in [5.41, 5.74) is -1.15. The van der Waals surface area contributed by atoms with Crippen molar-refractivity contribution in [2.75, 3.05) is 6.61 Å². The van der Waals surface area contributed by atoms with Crippen molar-refractivity contribution in [3.63, 3.8) is 0 Å². The van der Waals surface area contributed by atoms with E-state index in [1.165, 1.54) is 6.07 Å². The van der Waals surface area contributed by atoms with Gasteiger partial charge in [-0.05, 0) is 24.6 Å². The summed E-state index contributed by atoms with van der Waals surface area (Å²) in [6.07, 6.45) is -12.9. The van der Waals surface area contributed by atoms with Crippen molar-refractivity contribution in [2.45, 2.75) is 31.5 Å². The maximum atomic E-state index is 12.4. The van der Waals surface area contributed by atoms with Crippen LogP contribution < -0.4 is 0 Å². The first-order valence-corrected chi connectivity index (χ1v) is 5.55. The van der Waals surface area contributed by atoms with Crippen molar-refractivity contribution in [2.24, 2.45) is 0 Å². The first-order chi connectivity index (χ1) is 9.01. The number of aliphatic hydroxyl groups excluding tert-OH is 1.